The van der Waals surface area contributed by atoms with Crippen LogP contribution in [0.5, 0.6) is 0 Å². The van der Waals surface area contributed by atoms with Gasteiger partial charge in [0.1, 0.15) is 0 Å². The van der Waals surface area contributed by atoms with E-state index in [-0.39, 0.29) is 11.0 Å². The average Bonchev–Trinajstić information content (AvgIpc) is 2.73. The van der Waals surface area contributed by atoms with Crippen molar-refractivity contribution in [3.05, 3.63) is 5.82 Å². The number of aryl methyl sites for hydroxylation is 1. The minimum atomic E-state index is 0.0918. The van der Waals surface area contributed by atoms with Gasteiger partial charge in [-0.05, 0) is 38.8 Å². The molecule has 1 aromatic heterocycles. The Hall–Kier alpha value is -1.01. The summed E-state index contributed by atoms with van der Waals surface area (Å²) >= 11 is 0. The van der Waals surface area contributed by atoms with Gasteiger partial charge in [-0.2, -0.15) is 4.80 Å². The third kappa shape index (κ3) is 4.24. The zero-order valence-electron chi connectivity index (χ0n) is 12.4. The minimum Gasteiger partial charge on any atom is -0.381 e. The van der Waals surface area contributed by atoms with Crippen molar-refractivity contribution < 1.29 is 4.74 Å². The van der Waals surface area contributed by atoms with Gasteiger partial charge in [-0.15, -0.1) is 10.2 Å². The first-order valence-electron chi connectivity index (χ1n) is 6.94. The molecule has 0 saturated carbocycles. The standard InChI is InChI=1S/C13H25N5O/c1-12(2,3)14-9-13(6-5-7-19-10-13)8-11-15-17-18(4)16-11/h14H,5-10H2,1-4H3. The fourth-order valence-electron chi connectivity index (χ4n) is 2.43. The molecule has 1 atom stereocenters. The smallest absolute Gasteiger partial charge is 0.175 e. The van der Waals surface area contributed by atoms with Crippen LogP contribution in [-0.2, 0) is 18.2 Å². The molecule has 1 N–H and O–H groups in total. The Labute approximate surface area is 114 Å². The van der Waals surface area contributed by atoms with Crippen molar-refractivity contribution in [1.29, 1.82) is 0 Å². The lowest BCUT2D eigenvalue weighted by Crippen LogP contribution is -2.48. The molecule has 1 unspecified atom stereocenters. The number of hydrogen-bond donors (Lipinski definition) is 1. The quantitative estimate of drug-likeness (QED) is 0.879. The maximum Gasteiger partial charge on any atom is 0.175 e. The van der Waals surface area contributed by atoms with Gasteiger partial charge in [-0.1, -0.05) is 0 Å². The van der Waals surface area contributed by atoms with E-state index in [4.69, 9.17) is 4.74 Å². The lowest BCUT2D eigenvalue weighted by molar-refractivity contribution is -0.0110. The van der Waals surface area contributed by atoms with Crippen molar-refractivity contribution in [2.75, 3.05) is 19.8 Å². The Kier molecular flexibility index (Phi) is 4.20. The second-order valence-corrected chi connectivity index (χ2v) is 6.63. The largest absolute Gasteiger partial charge is 0.381 e. The van der Waals surface area contributed by atoms with E-state index in [1.165, 1.54) is 4.80 Å². The van der Waals surface area contributed by atoms with Gasteiger partial charge in [0.15, 0.2) is 5.82 Å². The molecule has 0 aromatic carbocycles. The number of aromatic nitrogens is 4. The van der Waals surface area contributed by atoms with E-state index in [1.54, 1.807) is 7.05 Å². The van der Waals surface area contributed by atoms with E-state index in [9.17, 15) is 0 Å². The molecule has 2 rings (SSSR count). The summed E-state index contributed by atoms with van der Waals surface area (Å²) in [4.78, 5) is 1.52. The zero-order chi connectivity index (χ0) is 13.9. The Morgan fingerprint density at radius 2 is 2.21 bits per heavy atom. The maximum atomic E-state index is 5.71. The SMILES string of the molecule is Cn1nnc(CC2(CNC(C)(C)C)CCCOC2)n1. The highest BCUT2D eigenvalue weighted by Crippen LogP contribution is 2.31. The zero-order valence-corrected chi connectivity index (χ0v) is 12.4. The molecule has 0 radical (unpaired) electrons. The molecule has 1 fully saturated rings. The summed E-state index contributed by atoms with van der Waals surface area (Å²) in [6.07, 6.45) is 3.07. The van der Waals surface area contributed by atoms with Gasteiger partial charge in [-0.25, -0.2) is 0 Å². The first-order valence-corrected chi connectivity index (χ1v) is 6.94. The molecule has 1 aliphatic heterocycles. The van der Waals surface area contributed by atoms with E-state index in [2.05, 4.69) is 41.5 Å². The highest BCUT2D eigenvalue weighted by Gasteiger charge is 2.35. The maximum absolute atomic E-state index is 5.71. The molecule has 108 valence electrons. The summed E-state index contributed by atoms with van der Waals surface area (Å²) in [5.74, 6) is 0.809. The summed E-state index contributed by atoms with van der Waals surface area (Å²) < 4.78 is 5.71. The Morgan fingerprint density at radius 1 is 1.42 bits per heavy atom. The van der Waals surface area contributed by atoms with Crippen molar-refractivity contribution in [1.82, 2.24) is 25.5 Å². The van der Waals surface area contributed by atoms with E-state index < -0.39 is 0 Å². The van der Waals surface area contributed by atoms with Gasteiger partial charge in [0, 0.05) is 30.5 Å². The molecule has 1 aromatic rings. The summed E-state index contributed by atoms with van der Waals surface area (Å²) in [5.41, 5.74) is 0.203. The van der Waals surface area contributed by atoms with Crippen LogP contribution in [0.15, 0.2) is 0 Å². The molecule has 1 saturated heterocycles. The highest BCUT2D eigenvalue weighted by molar-refractivity contribution is 4.94. The van der Waals surface area contributed by atoms with E-state index in [1.807, 2.05) is 0 Å². The summed E-state index contributed by atoms with van der Waals surface area (Å²) in [7, 11) is 1.80. The van der Waals surface area contributed by atoms with Crippen LogP contribution in [0.1, 0.15) is 39.4 Å². The van der Waals surface area contributed by atoms with Crippen molar-refractivity contribution in [3.8, 4) is 0 Å². The van der Waals surface area contributed by atoms with Crippen LogP contribution < -0.4 is 5.32 Å². The monoisotopic (exact) mass is 267 g/mol. The van der Waals surface area contributed by atoms with Crippen LogP contribution in [0, 0.1) is 5.41 Å². The lowest BCUT2D eigenvalue weighted by Gasteiger charge is -2.38. The Balaban J connectivity index is 2.05. The Morgan fingerprint density at radius 3 is 2.74 bits per heavy atom. The minimum absolute atomic E-state index is 0.0918. The summed E-state index contributed by atoms with van der Waals surface area (Å²) in [5, 5.41) is 15.9. The summed E-state index contributed by atoms with van der Waals surface area (Å²) in [6, 6.07) is 0. The number of nitrogens with one attached hydrogen (secondary N) is 1. The molecule has 6 heteroatoms. The van der Waals surface area contributed by atoms with Gasteiger partial charge in [0.2, 0.25) is 0 Å². The molecule has 0 aliphatic carbocycles. The van der Waals surface area contributed by atoms with Gasteiger partial charge in [0.25, 0.3) is 0 Å². The third-order valence-corrected chi connectivity index (χ3v) is 3.48. The molecule has 0 spiro atoms. The molecule has 0 bridgehead atoms. The van der Waals surface area contributed by atoms with Crippen LogP contribution in [0.3, 0.4) is 0 Å². The summed E-state index contributed by atoms with van der Waals surface area (Å²) in [6.45, 7) is 9.12. The fraction of sp³-hybridized carbons (Fsp3) is 0.923. The number of tetrazole rings is 1. The van der Waals surface area contributed by atoms with Crippen LogP contribution in [-0.4, -0.2) is 45.5 Å². The normalized spacial score (nSPS) is 24.6. The molecular weight excluding hydrogens is 242 g/mol. The topological polar surface area (TPSA) is 64.9 Å². The highest BCUT2D eigenvalue weighted by atomic mass is 16.5. The van der Waals surface area contributed by atoms with Crippen molar-refractivity contribution >= 4 is 0 Å². The first kappa shape index (κ1) is 14.4. The van der Waals surface area contributed by atoms with Crippen LogP contribution >= 0.6 is 0 Å². The van der Waals surface area contributed by atoms with Crippen LogP contribution in [0.4, 0.5) is 0 Å². The van der Waals surface area contributed by atoms with Gasteiger partial charge < -0.3 is 10.1 Å². The van der Waals surface area contributed by atoms with Crippen LogP contribution in [0.25, 0.3) is 0 Å². The first-order chi connectivity index (χ1) is 8.89. The molecule has 19 heavy (non-hydrogen) atoms. The predicted molar refractivity (Wildman–Crippen MR) is 72.7 cm³/mol. The molecule has 2 heterocycles. The number of ether oxygens (including phenoxy) is 1. The van der Waals surface area contributed by atoms with Crippen molar-refractivity contribution in [2.24, 2.45) is 12.5 Å². The lowest BCUT2D eigenvalue weighted by atomic mass is 9.78. The average molecular weight is 267 g/mol. The molecular formula is C13H25N5O. The van der Waals surface area contributed by atoms with Gasteiger partial charge >= 0.3 is 0 Å². The third-order valence-electron chi connectivity index (χ3n) is 3.48. The van der Waals surface area contributed by atoms with Crippen molar-refractivity contribution in [2.45, 2.75) is 45.6 Å². The number of hydrogen-bond acceptors (Lipinski definition) is 5. The van der Waals surface area contributed by atoms with E-state index >= 15 is 0 Å². The Bertz CT molecular complexity index is 403. The van der Waals surface area contributed by atoms with Gasteiger partial charge in [0.05, 0.1) is 13.7 Å². The molecule has 1 aliphatic rings. The second kappa shape index (κ2) is 5.54. The number of rotatable bonds is 4. The molecule has 0 amide bonds. The second-order valence-electron chi connectivity index (χ2n) is 6.63. The predicted octanol–water partition coefficient (Wildman–Crippen LogP) is 0.937. The van der Waals surface area contributed by atoms with Crippen molar-refractivity contribution in [3.63, 3.8) is 0 Å². The van der Waals surface area contributed by atoms with Crippen LogP contribution in [0.2, 0.25) is 0 Å². The number of nitrogens with zero attached hydrogens (tertiary/aromatic N) is 4. The van der Waals surface area contributed by atoms with E-state index in [0.717, 1.165) is 44.8 Å². The van der Waals surface area contributed by atoms with E-state index in [0.29, 0.717) is 0 Å². The fourth-order valence-corrected chi connectivity index (χ4v) is 2.43. The molecule has 6 nitrogen and oxygen atoms in total. The van der Waals surface area contributed by atoms with Gasteiger partial charge in [-0.3, -0.25) is 0 Å².